The molecule has 0 spiro atoms. The molecule has 28 heavy (non-hydrogen) atoms. The number of ether oxygens (including phenoxy) is 1. The van der Waals surface area contributed by atoms with Gasteiger partial charge in [0.05, 0.1) is 16.6 Å². The molecule has 0 aliphatic carbocycles. The van der Waals surface area contributed by atoms with E-state index in [9.17, 15) is 4.79 Å². The lowest BCUT2D eigenvalue weighted by molar-refractivity contribution is -0.132. The third kappa shape index (κ3) is 4.56. The zero-order valence-electron chi connectivity index (χ0n) is 15.0. The summed E-state index contributed by atoms with van der Waals surface area (Å²) in [6, 6.07) is 8.79. The second-order valence-corrected chi connectivity index (χ2v) is 7.27. The van der Waals surface area contributed by atoms with Gasteiger partial charge in [0.25, 0.3) is 0 Å². The van der Waals surface area contributed by atoms with Crippen LogP contribution in [0.2, 0.25) is 10.0 Å². The molecule has 1 atom stereocenters. The van der Waals surface area contributed by atoms with Crippen LogP contribution in [0.25, 0.3) is 6.08 Å². The Hall–Kier alpha value is -2.75. The van der Waals surface area contributed by atoms with Gasteiger partial charge in [-0.3, -0.25) is 0 Å². The van der Waals surface area contributed by atoms with Crippen LogP contribution in [-0.4, -0.2) is 35.3 Å². The smallest absolute Gasteiger partial charge is 0.346 e. The van der Waals surface area contributed by atoms with Gasteiger partial charge in [-0.2, -0.15) is 5.26 Å². The van der Waals surface area contributed by atoms with Gasteiger partial charge in [0, 0.05) is 19.2 Å². The number of nitrogens with zero attached hydrogens (tertiary/aromatic N) is 3. The highest BCUT2D eigenvalue weighted by Crippen LogP contribution is 2.36. The lowest BCUT2D eigenvalue weighted by Crippen LogP contribution is -2.25. The number of nitriles is 1. The van der Waals surface area contributed by atoms with Gasteiger partial charge in [-0.05, 0) is 48.4 Å². The summed E-state index contributed by atoms with van der Waals surface area (Å²) >= 11 is 12.5. The van der Waals surface area contributed by atoms with E-state index in [-0.39, 0.29) is 11.7 Å². The number of anilines is 1. The van der Waals surface area contributed by atoms with Crippen molar-refractivity contribution in [3.63, 3.8) is 0 Å². The zero-order valence-corrected chi connectivity index (χ0v) is 16.5. The van der Waals surface area contributed by atoms with Gasteiger partial charge in [-0.1, -0.05) is 23.2 Å². The molecule has 144 valence electrons. The number of aryl methyl sites for hydroxylation is 1. The van der Waals surface area contributed by atoms with E-state index in [1.54, 1.807) is 18.2 Å². The maximum absolute atomic E-state index is 10.9. The van der Waals surface area contributed by atoms with Gasteiger partial charge < -0.3 is 14.7 Å². The van der Waals surface area contributed by atoms with Crippen LogP contribution >= 0.6 is 23.2 Å². The van der Waals surface area contributed by atoms with Gasteiger partial charge in [0.1, 0.15) is 23.6 Å². The van der Waals surface area contributed by atoms with E-state index in [2.05, 4.69) is 9.88 Å². The zero-order chi connectivity index (χ0) is 20.3. The minimum Gasteiger partial charge on any atom is -0.485 e. The van der Waals surface area contributed by atoms with Crippen LogP contribution in [-0.2, 0) is 4.79 Å². The maximum atomic E-state index is 10.9. The fourth-order valence-corrected chi connectivity index (χ4v) is 3.66. The molecule has 0 bridgehead atoms. The minimum absolute atomic E-state index is 0.0729. The van der Waals surface area contributed by atoms with Crippen molar-refractivity contribution in [1.29, 1.82) is 5.26 Å². The first-order valence-electron chi connectivity index (χ1n) is 8.55. The van der Waals surface area contributed by atoms with E-state index < -0.39 is 5.97 Å². The molecule has 8 heteroatoms. The van der Waals surface area contributed by atoms with E-state index >= 15 is 0 Å². The Bertz CT molecular complexity index is 945. The average molecular weight is 418 g/mol. The van der Waals surface area contributed by atoms with Crippen molar-refractivity contribution in [2.75, 3.05) is 18.0 Å². The van der Waals surface area contributed by atoms with Gasteiger partial charge in [0.2, 0.25) is 0 Å². The summed E-state index contributed by atoms with van der Waals surface area (Å²) in [5.74, 6) is -0.0235. The number of aliphatic carboxylic acids is 1. The number of halogens is 2. The first-order chi connectivity index (χ1) is 13.4. The van der Waals surface area contributed by atoms with Crippen molar-refractivity contribution in [2.45, 2.75) is 19.4 Å². The third-order valence-electron chi connectivity index (χ3n) is 4.33. The number of rotatable bonds is 5. The monoisotopic (exact) mass is 417 g/mol. The molecule has 0 unspecified atom stereocenters. The molecular weight excluding hydrogens is 401 g/mol. The molecule has 6 nitrogen and oxygen atoms in total. The summed E-state index contributed by atoms with van der Waals surface area (Å²) < 4.78 is 6.02. The topological polar surface area (TPSA) is 86.5 Å². The van der Waals surface area contributed by atoms with Crippen LogP contribution in [0.15, 0.2) is 36.0 Å². The van der Waals surface area contributed by atoms with Gasteiger partial charge in [0.15, 0.2) is 5.75 Å². The average Bonchev–Trinajstić information content (AvgIpc) is 3.11. The Kier molecular flexibility index (Phi) is 6.08. The SMILES string of the molecule is Cc1cc(Cl)c(O[C@@H]2CCN(c3ccc(/C=C(\C#N)C(=O)O)cn3)C2)c(Cl)c1. The van der Waals surface area contributed by atoms with Gasteiger partial charge in [-0.15, -0.1) is 0 Å². The highest BCUT2D eigenvalue weighted by Gasteiger charge is 2.26. The molecule has 0 saturated carbocycles. The number of pyridine rings is 1. The lowest BCUT2D eigenvalue weighted by atomic mass is 10.2. The number of hydrogen-bond donors (Lipinski definition) is 1. The number of benzene rings is 1. The molecule has 0 radical (unpaired) electrons. The summed E-state index contributed by atoms with van der Waals surface area (Å²) in [5.41, 5.74) is 1.18. The number of hydrogen-bond acceptors (Lipinski definition) is 5. The molecule has 1 aliphatic rings. The molecule has 1 saturated heterocycles. The number of aromatic nitrogens is 1. The molecule has 0 amide bonds. The highest BCUT2D eigenvalue weighted by atomic mass is 35.5. The molecule has 1 N–H and O–H groups in total. The molecular formula is C20H17Cl2N3O3. The Morgan fingerprint density at radius 2 is 2.11 bits per heavy atom. The van der Waals surface area contributed by atoms with Crippen molar-refractivity contribution in [2.24, 2.45) is 0 Å². The summed E-state index contributed by atoms with van der Waals surface area (Å²) in [6.07, 6.45) is 3.55. The molecule has 3 rings (SSSR count). The van der Waals surface area contributed by atoms with E-state index in [4.69, 9.17) is 38.3 Å². The normalized spacial score (nSPS) is 16.7. The van der Waals surface area contributed by atoms with Crippen LogP contribution in [0.4, 0.5) is 5.82 Å². The highest BCUT2D eigenvalue weighted by molar-refractivity contribution is 6.37. The van der Waals surface area contributed by atoms with Gasteiger partial charge >= 0.3 is 5.97 Å². The van der Waals surface area contributed by atoms with Crippen molar-refractivity contribution < 1.29 is 14.6 Å². The predicted molar refractivity (Wildman–Crippen MR) is 108 cm³/mol. The second kappa shape index (κ2) is 8.51. The molecule has 1 aliphatic heterocycles. The van der Waals surface area contributed by atoms with Crippen molar-refractivity contribution in [3.05, 3.63) is 57.2 Å². The van der Waals surface area contributed by atoms with Crippen molar-refractivity contribution in [3.8, 4) is 11.8 Å². The van der Waals surface area contributed by atoms with E-state index in [1.165, 1.54) is 12.3 Å². The van der Waals surface area contributed by atoms with E-state index in [0.29, 0.717) is 27.9 Å². The first kappa shape index (κ1) is 20.0. The molecule has 2 heterocycles. The summed E-state index contributed by atoms with van der Waals surface area (Å²) in [6.45, 7) is 3.30. The fourth-order valence-electron chi connectivity index (χ4n) is 2.98. The maximum Gasteiger partial charge on any atom is 0.346 e. The lowest BCUT2D eigenvalue weighted by Gasteiger charge is -2.19. The summed E-state index contributed by atoms with van der Waals surface area (Å²) in [4.78, 5) is 17.3. The summed E-state index contributed by atoms with van der Waals surface area (Å²) in [5, 5.41) is 18.7. The molecule has 2 aromatic rings. The van der Waals surface area contributed by atoms with Crippen molar-refractivity contribution in [1.82, 2.24) is 4.98 Å². The summed E-state index contributed by atoms with van der Waals surface area (Å²) in [7, 11) is 0. The van der Waals surface area contributed by atoms with E-state index in [0.717, 1.165) is 24.3 Å². The van der Waals surface area contributed by atoms with Crippen molar-refractivity contribution >= 4 is 41.1 Å². The van der Waals surface area contributed by atoms with Crippen LogP contribution in [0.5, 0.6) is 5.75 Å². The largest absolute Gasteiger partial charge is 0.485 e. The Labute approximate surface area is 172 Å². The van der Waals surface area contributed by atoms with Crippen LogP contribution in [0.3, 0.4) is 0 Å². The third-order valence-corrected chi connectivity index (χ3v) is 4.89. The molecule has 1 fully saturated rings. The second-order valence-electron chi connectivity index (χ2n) is 6.46. The molecule has 1 aromatic carbocycles. The minimum atomic E-state index is -1.26. The van der Waals surface area contributed by atoms with Gasteiger partial charge in [-0.25, -0.2) is 9.78 Å². The quantitative estimate of drug-likeness (QED) is 0.574. The standard InChI is InChI=1S/C20H17Cl2N3O3/c1-12-6-16(21)19(17(22)7-12)28-15-4-5-25(11-15)18-3-2-13(10-24-18)8-14(9-23)20(26)27/h2-3,6-8,10,15H,4-5,11H2,1H3,(H,26,27)/b14-8+/t15-/m1/s1. The molecule has 1 aromatic heterocycles. The Balaban J connectivity index is 1.68. The Morgan fingerprint density at radius 1 is 1.39 bits per heavy atom. The predicted octanol–water partition coefficient (Wildman–Crippen LogP) is 4.35. The van der Waals surface area contributed by atoms with Crippen LogP contribution in [0, 0.1) is 18.3 Å². The Morgan fingerprint density at radius 3 is 2.68 bits per heavy atom. The van der Waals surface area contributed by atoms with Crippen LogP contribution in [0.1, 0.15) is 17.5 Å². The number of carboxylic acids is 1. The number of carbonyl (C=O) groups is 1. The first-order valence-corrected chi connectivity index (χ1v) is 9.31. The van der Waals surface area contributed by atoms with E-state index in [1.807, 2.05) is 19.1 Å². The van der Waals surface area contributed by atoms with Crippen LogP contribution < -0.4 is 9.64 Å². The fraction of sp³-hybridized carbons (Fsp3) is 0.250. The number of carboxylic acid groups (broad SMARTS) is 1.